The van der Waals surface area contributed by atoms with E-state index in [9.17, 15) is 9.90 Å². The molecule has 1 atom stereocenters. The number of rotatable bonds is 5. The first-order chi connectivity index (χ1) is 13.2. The Morgan fingerprint density at radius 3 is 2.96 bits per heavy atom. The molecule has 0 saturated carbocycles. The minimum absolute atomic E-state index is 0.0123. The number of carbonyl (C=O) groups is 1. The number of nitrogens with one attached hydrogen (secondary N) is 1. The van der Waals surface area contributed by atoms with E-state index in [0.29, 0.717) is 49.4 Å². The van der Waals surface area contributed by atoms with Crippen molar-refractivity contribution in [2.45, 2.75) is 0 Å². The monoisotopic (exact) mass is 373 g/mol. The number of pyridine rings is 1. The lowest BCUT2D eigenvalue weighted by molar-refractivity contribution is 0.0958. The number of benzene rings is 1. The summed E-state index contributed by atoms with van der Waals surface area (Å²) >= 11 is 0. The smallest absolute Gasteiger partial charge is 0.321 e. The Bertz CT molecular complexity index is 753. The standard InChI is InChI=1S/C19H23N3O5/c1-25-16-3-2-4-17(9-16)27-18-6-5-15(10-20-18)21-19(24)22-7-8-26-13-14(11-22)12-23/h2-6,9-10,14,23H,7-8,11-13H2,1H3,(H,21,24). The molecule has 0 spiro atoms. The van der Waals surface area contributed by atoms with E-state index in [1.54, 1.807) is 36.3 Å². The molecule has 1 aliphatic rings. The van der Waals surface area contributed by atoms with Gasteiger partial charge in [0.1, 0.15) is 11.5 Å². The Labute approximate surface area is 157 Å². The second kappa shape index (κ2) is 9.20. The van der Waals surface area contributed by atoms with Gasteiger partial charge in [-0.1, -0.05) is 6.07 Å². The fraction of sp³-hybridized carbons (Fsp3) is 0.368. The SMILES string of the molecule is COc1cccc(Oc2ccc(NC(=O)N3CCOCC(CO)C3)cn2)c1. The van der Waals surface area contributed by atoms with Gasteiger partial charge in [0, 0.05) is 37.7 Å². The van der Waals surface area contributed by atoms with Crippen molar-refractivity contribution < 1.29 is 24.1 Å². The summed E-state index contributed by atoms with van der Waals surface area (Å²) in [5.41, 5.74) is 0.559. The second-order valence-electron chi connectivity index (χ2n) is 6.17. The Hall–Kier alpha value is -2.84. The average molecular weight is 373 g/mol. The van der Waals surface area contributed by atoms with Gasteiger partial charge in [0.2, 0.25) is 5.88 Å². The van der Waals surface area contributed by atoms with Gasteiger partial charge in [-0.3, -0.25) is 0 Å². The Balaban J connectivity index is 1.59. The van der Waals surface area contributed by atoms with Crippen molar-refractivity contribution >= 4 is 11.7 Å². The highest BCUT2D eigenvalue weighted by atomic mass is 16.5. The first kappa shape index (κ1) is 18.9. The van der Waals surface area contributed by atoms with Gasteiger partial charge < -0.3 is 29.5 Å². The molecule has 144 valence electrons. The van der Waals surface area contributed by atoms with Gasteiger partial charge in [0.15, 0.2) is 0 Å². The second-order valence-corrected chi connectivity index (χ2v) is 6.17. The molecule has 2 heterocycles. The van der Waals surface area contributed by atoms with E-state index >= 15 is 0 Å². The van der Waals surface area contributed by atoms with Crippen molar-refractivity contribution in [2.24, 2.45) is 5.92 Å². The van der Waals surface area contributed by atoms with E-state index in [2.05, 4.69) is 10.3 Å². The Morgan fingerprint density at radius 1 is 1.37 bits per heavy atom. The first-order valence-corrected chi connectivity index (χ1v) is 8.70. The van der Waals surface area contributed by atoms with Crippen molar-refractivity contribution in [1.82, 2.24) is 9.88 Å². The zero-order chi connectivity index (χ0) is 19.1. The van der Waals surface area contributed by atoms with Gasteiger partial charge in [-0.25, -0.2) is 9.78 Å². The number of aliphatic hydroxyl groups excluding tert-OH is 1. The molecule has 1 saturated heterocycles. The number of nitrogens with zero attached hydrogens (tertiary/aromatic N) is 2. The van der Waals surface area contributed by atoms with Crippen LogP contribution in [0.2, 0.25) is 0 Å². The molecule has 27 heavy (non-hydrogen) atoms. The van der Waals surface area contributed by atoms with Crippen LogP contribution in [0, 0.1) is 5.92 Å². The third-order valence-corrected chi connectivity index (χ3v) is 4.13. The topological polar surface area (TPSA) is 93.2 Å². The van der Waals surface area contributed by atoms with Crippen molar-refractivity contribution in [3.05, 3.63) is 42.6 Å². The van der Waals surface area contributed by atoms with Crippen LogP contribution >= 0.6 is 0 Å². The van der Waals surface area contributed by atoms with E-state index in [-0.39, 0.29) is 18.6 Å². The van der Waals surface area contributed by atoms with Crippen LogP contribution in [0.1, 0.15) is 0 Å². The van der Waals surface area contributed by atoms with Gasteiger partial charge in [0.05, 0.1) is 32.2 Å². The molecule has 0 radical (unpaired) electrons. The zero-order valence-electron chi connectivity index (χ0n) is 15.1. The van der Waals surface area contributed by atoms with Crippen molar-refractivity contribution in [2.75, 3.05) is 45.3 Å². The third-order valence-electron chi connectivity index (χ3n) is 4.13. The van der Waals surface area contributed by atoms with Crippen LogP contribution in [0.3, 0.4) is 0 Å². The Morgan fingerprint density at radius 2 is 2.22 bits per heavy atom. The molecule has 2 amide bonds. The summed E-state index contributed by atoms with van der Waals surface area (Å²) in [5.74, 6) is 1.64. The van der Waals surface area contributed by atoms with Gasteiger partial charge in [-0.05, 0) is 18.2 Å². The number of aliphatic hydroxyl groups is 1. The van der Waals surface area contributed by atoms with Gasteiger partial charge in [-0.2, -0.15) is 0 Å². The zero-order valence-corrected chi connectivity index (χ0v) is 15.1. The maximum absolute atomic E-state index is 12.4. The normalized spacial score (nSPS) is 17.1. The van der Waals surface area contributed by atoms with Gasteiger partial charge in [0.25, 0.3) is 0 Å². The summed E-state index contributed by atoms with van der Waals surface area (Å²) in [7, 11) is 1.59. The van der Waals surface area contributed by atoms with Crippen LogP contribution in [0.4, 0.5) is 10.5 Å². The number of hydrogen-bond donors (Lipinski definition) is 2. The third kappa shape index (κ3) is 5.32. The molecule has 1 unspecified atom stereocenters. The summed E-state index contributed by atoms with van der Waals surface area (Å²) in [4.78, 5) is 18.3. The van der Waals surface area contributed by atoms with Crippen molar-refractivity contribution in [3.8, 4) is 17.4 Å². The van der Waals surface area contributed by atoms with Crippen LogP contribution in [-0.2, 0) is 4.74 Å². The summed E-state index contributed by atoms with van der Waals surface area (Å²) in [5, 5.41) is 12.1. The predicted molar refractivity (Wildman–Crippen MR) is 99.3 cm³/mol. The molecule has 3 rings (SSSR count). The molecule has 8 heteroatoms. The molecule has 0 aliphatic carbocycles. The van der Waals surface area contributed by atoms with Crippen molar-refractivity contribution in [1.29, 1.82) is 0 Å². The van der Waals surface area contributed by atoms with Gasteiger partial charge in [-0.15, -0.1) is 0 Å². The van der Waals surface area contributed by atoms with E-state index in [1.807, 2.05) is 12.1 Å². The van der Waals surface area contributed by atoms with Crippen LogP contribution in [0.5, 0.6) is 17.4 Å². The lowest BCUT2D eigenvalue weighted by atomic mass is 10.2. The number of hydrogen-bond acceptors (Lipinski definition) is 6. The van der Waals surface area contributed by atoms with Crippen LogP contribution in [-0.4, -0.2) is 61.0 Å². The molecule has 1 aliphatic heterocycles. The minimum Gasteiger partial charge on any atom is -0.497 e. The maximum Gasteiger partial charge on any atom is 0.321 e. The summed E-state index contributed by atoms with van der Waals surface area (Å²) in [6.07, 6.45) is 1.53. The highest BCUT2D eigenvalue weighted by Crippen LogP contribution is 2.24. The lowest BCUT2D eigenvalue weighted by Gasteiger charge is -2.22. The molecule has 2 N–H and O–H groups in total. The highest BCUT2D eigenvalue weighted by molar-refractivity contribution is 5.89. The van der Waals surface area contributed by atoms with Crippen LogP contribution < -0.4 is 14.8 Å². The van der Waals surface area contributed by atoms with E-state index in [0.717, 1.165) is 0 Å². The summed E-state index contributed by atoms with van der Waals surface area (Å²) in [6, 6.07) is 10.4. The predicted octanol–water partition coefficient (Wildman–Crippen LogP) is 2.36. The van der Waals surface area contributed by atoms with E-state index in [1.165, 1.54) is 6.20 Å². The molecule has 0 bridgehead atoms. The molecule has 1 fully saturated rings. The number of ether oxygens (including phenoxy) is 3. The molecule has 8 nitrogen and oxygen atoms in total. The number of anilines is 1. The number of amides is 2. The van der Waals surface area contributed by atoms with E-state index in [4.69, 9.17) is 14.2 Å². The first-order valence-electron chi connectivity index (χ1n) is 8.70. The Kier molecular flexibility index (Phi) is 6.45. The molecule has 1 aromatic heterocycles. The number of aromatic nitrogens is 1. The average Bonchev–Trinajstić information content (AvgIpc) is 2.95. The maximum atomic E-state index is 12.4. The fourth-order valence-electron chi connectivity index (χ4n) is 2.68. The quantitative estimate of drug-likeness (QED) is 0.836. The fourth-order valence-corrected chi connectivity index (χ4v) is 2.68. The largest absolute Gasteiger partial charge is 0.497 e. The van der Waals surface area contributed by atoms with Crippen LogP contribution in [0.25, 0.3) is 0 Å². The summed E-state index contributed by atoms with van der Waals surface area (Å²) in [6.45, 7) is 1.83. The summed E-state index contributed by atoms with van der Waals surface area (Å²) < 4.78 is 16.2. The molecular formula is C19H23N3O5. The van der Waals surface area contributed by atoms with Gasteiger partial charge >= 0.3 is 6.03 Å². The van der Waals surface area contributed by atoms with E-state index < -0.39 is 0 Å². The number of methoxy groups -OCH3 is 1. The highest BCUT2D eigenvalue weighted by Gasteiger charge is 2.22. The van der Waals surface area contributed by atoms with Crippen LogP contribution in [0.15, 0.2) is 42.6 Å². The number of carbonyl (C=O) groups excluding carboxylic acids is 1. The van der Waals surface area contributed by atoms with Crippen molar-refractivity contribution in [3.63, 3.8) is 0 Å². The lowest BCUT2D eigenvalue weighted by Crippen LogP contribution is -2.39. The number of urea groups is 1. The minimum atomic E-state index is -0.248. The molecular weight excluding hydrogens is 350 g/mol. The molecule has 1 aromatic carbocycles. The molecule has 2 aromatic rings.